The lowest BCUT2D eigenvalue weighted by atomic mass is 10.1. The molecule has 0 radical (unpaired) electrons. The molecule has 4 nitrogen and oxygen atoms in total. The summed E-state index contributed by atoms with van der Waals surface area (Å²) in [5.41, 5.74) is 0. The first-order chi connectivity index (χ1) is 10.4. The van der Waals surface area contributed by atoms with Gasteiger partial charge in [0.05, 0.1) is 17.1 Å². The van der Waals surface area contributed by atoms with Crippen LogP contribution in [0, 0.1) is 0 Å². The average Bonchev–Trinajstić information content (AvgIpc) is 2.46. The summed E-state index contributed by atoms with van der Waals surface area (Å²) in [7, 11) is -3.54. The van der Waals surface area contributed by atoms with Gasteiger partial charge < -0.3 is 4.74 Å². The van der Waals surface area contributed by atoms with Crippen LogP contribution in [0.25, 0.3) is 10.8 Å². The lowest BCUT2D eigenvalue weighted by molar-refractivity contribution is -0.0440. The molecule has 0 aromatic heterocycles. The number of sulfonamides is 1. The van der Waals surface area contributed by atoms with Crippen LogP contribution in [0.4, 0.5) is 0 Å². The third kappa shape index (κ3) is 2.80. The van der Waals surface area contributed by atoms with Crippen LogP contribution in [0.2, 0.25) is 0 Å². The minimum Gasteiger partial charge on any atom is -0.373 e. The van der Waals surface area contributed by atoms with Crippen molar-refractivity contribution in [2.24, 2.45) is 0 Å². The topological polar surface area (TPSA) is 46.6 Å². The van der Waals surface area contributed by atoms with Crippen LogP contribution in [0.5, 0.6) is 0 Å². The highest BCUT2D eigenvalue weighted by atomic mass is 79.9. The maximum atomic E-state index is 13.1. The van der Waals surface area contributed by atoms with Crippen LogP contribution in [0.1, 0.15) is 13.8 Å². The Bertz CT molecular complexity index is 796. The van der Waals surface area contributed by atoms with Crippen molar-refractivity contribution in [3.63, 3.8) is 0 Å². The summed E-state index contributed by atoms with van der Waals surface area (Å²) in [5, 5.41) is 1.64. The number of halogens is 1. The zero-order chi connectivity index (χ0) is 15.9. The molecular formula is C16H18BrNO3S. The van der Waals surface area contributed by atoms with E-state index in [1.165, 1.54) is 4.31 Å². The Morgan fingerprint density at radius 2 is 1.64 bits per heavy atom. The fourth-order valence-electron chi connectivity index (χ4n) is 2.93. The van der Waals surface area contributed by atoms with Crippen LogP contribution in [0.15, 0.2) is 45.8 Å². The number of nitrogens with zero attached hydrogens (tertiary/aromatic N) is 1. The van der Waals surface area contributed by atoms with Crippen molar-refractivity contribution in [2.75, 3.05) is 13.1 Å². The van der Waals surface area contributed by atoms with Gasteiger partial charge in [-0.1, -0.05) is 40.2 Å². The largest absolute Gasteiger partial charge is 0.373 e. The van der Waals surface area contributed by atoms with E-state index in [4.69, 9.17) is 4.74 Å². The van der Waals surface area contributed by atoms with Gasteiger partial charge in [0.2, 0.25) is 10.0 Å². The quantitative estimate of drug-likeness (QED) is 0.798. The average molecular weight is 384 g/mol. The van der Waals surface area contributed by atoms with Crippen molar-refractivity contribution in [1.82, 2.24) is 4.31 Å². The zero-order valence-corrected chi connectivity index (χ0v) is 14.9. The van der Waals surface area contributed by atoms with Crippen LogP contribution in [-0.4, -0.2) is 38.0 Å². The van der Waals surface area contributed by atoms with E-state index in [1.807, 2.05) is 38.1 Å². The number of hydrogen-bond donors (Lipinski definition) is 0. The Kier molecular flexibility index (Phi) is 4.29. The third-order valence-corrected chi connectivity index (χ3v) is 6.42. The van der Waals surface area contributed by atoms with Crippen molar-refractivity contribution < 1.29 is 13.2 Å². The van der Waals surface area contributed by atoms with Gasteiger partial charge in [-0.25, -0.2) is 8.42 Å². The Labute approximate surface area is 139 Å². The minimum absolute atomic E-state index is 0.0970. The molecule has 0 spiro atoms. The Balaban J connectivity index is 2.12. The molecule has 2 aromatic rings. The highest BCUT2D eigenvalue weighted by molar-refractivity contribution is 9.10. The molecule has 2 atom stereocenters. The predicted molar refractivity (Wildman–Crippen MR) is 90.4 cm³/mol. The molecule has 1 fully saturated rings. The van der Waals surface area contributed by atoms with E-state index in [0.717, 1.165) is 15.2 Å². The van der Waals surface area contributed by atoms with Gasteiger partial charge in [-0.05, 0) is 31.4 Å². The van der Waals surface area contributed by atoms with Gasteiger partial charge in [0.25, 0.3) is 0 Å². The second kappa shape index (κ2) is 5.92. The molecule has 0 N–H and O–H groups in total. The van der Waals surface area contributed by atoms with E-state index in [0.29, 0.717) is 18.0 Å². The van der Waals surface area contributed by atoms with Crippen molar-refractivity contribution in [3.8, 4) is 0 Å². The van der Waals surface area contributed by atoms with E-state index >= 15 is 0 Å². The smallest absolute Gasteiger partial charge is 0.243 e. The number of benzene rings is 2. The molecule has 118 valence electrons. The maximum absolute atomic E-state index is 13.1. The number of fused-ring (bicyclic) bond motifs is 1. The van der Waals surface area contributed by atoms with Gasteiger partial charge in [-0.15, -0.1) is 0 Å². The van der Waals surface area contributed by atoms with Gasteiger partial charge in [0.1, 0.15) is 0 Å². The summed E-state index contributed by atoms with van der Waals surface area (Å²) < 4.78 is 34.2. The van der Waals surface area contributed by atoms with Gasteiger partial charge in [-0.2, -0.15) is 4.31 Å². The van der Waals surface area contributed by atoms with Crippen molar-refractivity contribution in [3.05, 3.63) is 40.9 Å². The first-order valence-corrected chi connectivity index (χ1v) is 9.46. The molecule has 0 amide bonds. The van der Waals surface area contributed by atoms with Crippen LogP contribution >= 0.6 is 15.9 Å². The maximum Gasteiger partial charge on any atom is 0.243 e. The fraction of sp³-hybridized carbons (Fsp3) is 0.375. The van der Waals surface area contributed by atoms with E-state index in [9.17, 15) is 8.42 Å². The van der Waals surface area contributed by atoms with Crippen LogP contribution in [0.3, 0.4) is 0 Å². The first kappa shape index (κ1) is 15.9. The molecule has 0 saturated carbocycles. The monoisotopic (exact) mass is 383 g/mol. The molecule has 2 aromatic carbocycles. The summed E-state index contributed by atoms with van der Waals surface area (Å²) in [6.45, 7) is 4.57. The molecule has 1 aliphatic rings. The van der Waals surface area contributed by atoms with Crippen molar-refractivity contribution >= 4 is 36.7 Å². The number of ether oxygens (including phenoxy) is 1. The lowest BCUT2D eigenvalue weighted by Gasteiger charge is -2.34. The second-order valence-electron chi connectivity index (χ2n) is 5.67. The highest BCUT2D eigenvalue weighted by Crippen LogP contribution is 2.32. The summed E-state index contributed by atoms with van der Waals surface area (Å²) in [6, 6.07) is 11.0. The molecule has 0 aliphatic carbocycles. The summed E-state index contributed by atoms with van der Waals surface area (Å²) in [5.74, 6) is 0. The molecule has 1 aliphatic heterocycles. The SMILES string of the molecule is C[C@@H]1CN(S(=O)(=O)c2ccc(Br)c3ccccc23)C[C@@H](C)O1. The van der Waals surface area contributed by atoms with Gasteiger partial charge in [-0.3, -0.25) is 0 Å². The number of morpholine rings is 1. The third-order valence-electron chi connectivity index (χ3n) is 3.83. The molecule has 1 saturated heterocycles. The second-order valence-corrected chi connectivity index (χ2v) is 8.43. The molecule has 3 rings (SSSR count). The Hall–Kier alpha value is -0.950. The zero-order valence-electron chi connectivity index (χ0n) is 12.5. The van der Waals surface area contributed by atoms with Gasteiger partial charge in [0, 0.05) is 22.9 Å². The summed E-state index contributed by atoms with van der Waals surface area (Å²) >= 11 is 3.48. The van der Waals surface area contributed by atoms with Crippen LogP contribution in [-0.2, 0) is 14.8 Å². The fourth-order valence-corrected chi connectivity index (χ4v) is 5.19. The van der Waals surface area contributed by atoms with E-state index in [-0.39, 0.29) is 12.2 Å². The Morgan fingerprint density at radius 3 is 2.27 bits per heavy atom. The molecule has 6 heteroatoms. The number of hydrogen-bond acceptors (Lipinski definition) is 3. The van der Waals surface area contributed by atoms with Crippen molar-refractivity contribution in [2.45, 2.75) is 31.0 Å². The van der Waals surface area contributed by atoms with E-state index < -0.39 is 10.0 Å². The molecule has 1 heterocycles. The molecule has 0 bridgehead atoms. The number of rotatable bonds is 2. The van der Waals surface area contributed by atoms with Gasteiger partial charge in [0.15, 0.2) is 0 Å². The van der Waals surface area contributed by atoms with Crippen LogP contribution < -0.4 is 0 Å². The summed E-state index contributed by atoms with van der Waals surface area (Å²) in [6.07, 6.45) is -0.194. The predicted octanol–water partition coefficient (Wildman–Crippen LogP) is 3.40. The van der Waals surface area contributed by atoms with Gasteiger partial charge >= 0.3 is 0 Å². The Morgan fingerprint density at radius 1 is 1.05 bits per heavy atom. The highest BCUT2D eigenvalue weighted by Gasteiger charge is 2.33. The molecule has 22 heavy (non-hydrogen) atoms. The summed E-state index contributed by atoms with van der Waals surface area (Å²) in [4.78, 5) is 0.354. The van der Waals surface area contributed by atoms with E-state index in [1.54, 1.807) is 12.1 Å². The lowest BCUT2D eigenvalue weighted by Crippen LogP contribution is -2.48. The van der Waals surface area contributed by atoms with E-state index in [2.05, 4.69) is 15.9 Å². The molecule has 0 unspecified atom stereocenters. The first-order valence-electron chi connectivity index (χ1n) is 7.22. The standard InChI is InChI=1S/C16H18BrNO3S/c1-11-9-18(10-12(2)21-11)22(19,20)16-8-7-15(17)13-5-3-4-6-14(13)16/h3-8,11-12H,9-10H2,1-2H3/t11-,12-/m1/s1. The van der Waals surface area contributed by atoms with Crippen molar-refractivity contribution in [1.29, 1.82) is 0 Å². The minimum atomic E-state index is -3.54. The normalized spacial score (nSPS) is 23.8. The molecular weight excluding hydrogens is 366 g/mol.